The quantitative estimate of drug-likeness (QED) is 0.762. The summed E-state index contributed by atoms with van der Waals surface area (Å²) in [5.74, 6) is -0.294. The van der Waals surface area contributed by atoms with Crippen LogP contribution in [0.25, 0.3) is 11.6 Å². The molecular weight excluding hydrogens is 236 g/mol. The van der Waals surface area contributed by atoms with E-state index in [-0.39, 0.29) is 5.97 Å². The van der Waals surface area contributed by atoms with Crippen LogP contribution in [-0.2, 0) is 11.2 Å². The van der Waals surface area contributed by atoms with Crippen LogP contribution in [0.5, 0.6) is 0 Å². The van der Waals surface area contributed by atoms with Gasteiger partial charge in [0.05, 0.1) is 12.7 Å². The molecule has 94 valence electrons. The first kappa shape index (κ1) is 11.7. The molecule has 0 spiro atoms. The van der Waals surface area contributed by atoms with Crippen LogP contribution in [0.2, 0.25) is 0 Å². The predicted octanol–water partition coefficient (Wildman–Crippen LogP) is 3.57. The highest BCUT2D eigenvalue weighted by atomic mass is 16.5. The van der Waals surface area contributed by atoms with Gasteiger partial charge in [0, 0.05) is 0 Å². The van der Waals surface area contributed by atoms with Gasteiger partial charge < -0.3 is 4.74 Å². The van der Waals surface area contributed by atoms with Gasteiger partial charge in [-0.25, -0.2) is 4.79 Å². The number of hydrogen-bond acceptors (Lipinski definition) is 2. The fourth-order valence-electron chi connectivity index (χ4n) is 2.43. The lowest BCUT2D eigenvalue weighted by molar-refractivity contribution is 0.0600. The van der Waals surface area contributed by atoms with Crippen molar-refractivity contribution in [2.45, 2.75) is 6.42 Å². The second kappa shape index (κ2) is 4.73. The number of hydrogen-bond donors (Lipinski definition) is 0. The number of methoxy groups -OCH3 is 1. The summed E-state index contributed by atoms with van der Waals surface area (Å²) in [6.45, 7) is 0. The van der Waals surface area contributed by atoms with E-state index in [2.05, 4.69) is 24.3 Å². The lowest BCUT2D eigenvalue weighted by atomic mass is 10.0. The van der Waals surface area contributed by atoms with Crippen molar-refractivity contribution < 1.29 is 9.53 Å². The van der Waals surface area contributed by atoms with Gasteiger partial charge in [-0.1, -0.05) is 42.5 Å². The Morgan fingerprint density at radius 2 is 1.95 bits per heavy atom. The summed E-state index contributed by atoms with van der Waals surface area (Å²) in [5.41, 5.74) is 5.52. The highest BCUT2D eigenvalue weighted by Gasteiger charge is 2.14. The van der Waals surface area contributed by atoms with Crippen molar-refractivity contribution in [2.75, 3.05) is 7.11 Å². The smallest absolute Gasteiger partial charge is 0.337 e. The minimum absolute atomic E-state index is 0.294. The number of ether oxygens (including phenoxy) is 1. The van der Waals surface area contributed by atoms with Gasteiger partial charge in [-0.15, -0.1) is 0 Å². The minimum Gasteiger partial charge on any atom is -0.465 e. The van der Waals surface area contributed by atoms with Crippen molar-refractivity contribution in [2.24, 2.45) is 0 Å². The predicted molar refractivity (Wildman–Crippen MR) is 75.8 cm³/mol. The van der Waals surface area contributed by atoms with E-state index >= 15 is 0 Å². The van der Waals surface area contributed by atoms with Crippen LogP contribution in [0.1, 0.15) is 27.0 Å². The largest absolute Gasteiger partial charge is 0.465 e. The highest BCUT2D eigenvalue weighted by Crippen LogP contribution is 2.31. The molecule has 0 atom stereocenters. The summed E-state index contributed by atoms with van der Waals surface area (Å²) >= 11 is 0. The van der Waals surface area contributed by atoms with Crippen LogP contribution in [0.15, 0.2) is 48.5 Å². The minimum atomic E-state index is -0.294. The van der Waals surface area contributed by atoms with Crippen molar-refractivity contribution in [3.05, 3.63) is 70.8 Å². The first-order valence-corrected chi connectivity index (χ1v) is 6.25. The van der Waals surface area contributed by atoms with E-state index in [1.807, 2.05) is 24.3 Å². The lowest BCUT2D eigenvalue weighted by Crippen LogP contribution is -2.01. The van der Waals surface area contributed by atoms with E-state index in [0.717, 1.165) is 12.0 Å². The molecule has 2 aromatic carbocycles. The van der Waals surface area contributed by atoms with E-state index in [0.29, 0.717) is 5.56 Å². The van der Waals surface area contributed by atoms with E-state index in [1.54, 1.807) is 6.07 Å². The molecule has 0 saturated carbocycles. The van der Waals surface area contributed by atoms with Gasteiger partial charge in [0.1, 0.15) is 0 Å². The van der Waals surface area contributed by atoms with Crippen molar-refractivity contribution in [3.63, 3.8) is 0 Å². The van der Waals surface area contributed by atoms with Crippen LogP contribution in [0, 0.1) is 0 Å². The molecule has 1 aliphatic rings. The summed E-state index contributed by atoms with van der Waals surface area (Å²) in [6, 6.07) is 16.0. The Bertz CT molecular complexity index is 668. The summed E-state index contributed by atoms with van der Waals surface area (Å²) in [6.07, 6.45) is 3.10. The lowest BCUT2D eigenvalue weighted by Gasteiger charge is -2.05. The van der Waals surface area contributed by atoms with E-state index in [9.17, 15) is 4.79 Å². The molecule has 0 amide bonds. The fourth-order valence-corrected chi connectivity index (χ4v) is 2.43. The topological polar surface area (TPSA) is 26.3 Å². The number of allylic oxidation sites excluding steroid dienone is 1. The van der Waals surface area contributed by atoms with Gasteiger partial charge in [-0.05, 0) is 40.8 Å². The molecule has 3 rings (SSSR count). The number of carbonyl (C=O) groups excluding carboxylic acids is 1. The van der Waals surface area contributed by atoms with Crippen molar-refractivity contribution >= 4 is 17.6 Å². The molecule has 0 fully saturated rings. The van der Waals surface area contributed by atoms with Crippen molar-refractivity contribution in [1.82, 2.24) is 0 Å². The third kappa shape index (κ3) is 2.17. The van der Waals surface area contributed by atoms with E-state index < -0.39 is 0 Å². The molecule has 0 N–H and O–H groups in total. The molecule has 2 nitrogen and oxygen atoms in total. The molecule has 0 unspecified atom stereocenters. The summed E-state index contributed by atoms with van der Waals surface area (Å²) in [4.78, 5) is 11.6. The Labute approximate surface area is 112 Å². The van der Waals surface area contributed by atoms with Crippen LogP contribution in [-0.4, -0.2) is 13.1 Å². The highest BCUT2D eigenvalue weighted by molar-refractivity contribution is 5.93. The summed E-state index contributed by atoms with van der Waals surface area (Å²) < 4.78 is 4.76. The number of fused-ring (bicyclic) bond motifs is 1. The maximum Gasteiger partial charge on any atom is 0.337 e. The monoisotopic (exact) mass is 250 g/mol. The van der Waals surface area contributed by atoms with Gasteiger partial charge in [-0.2, -0.15) is 0 Å². The van der Waals surface area contributed by atoms with Crippen molar-refractivity contribution in [3.8, 4) is 0 Å². The number of carbonyl (C=O) groups is 1. The molecule has 2 heteroatoms. The Morgan fingerprint density at radius 1 is 1.11 bits per heavy atom. The Hall–Kier alpha value is -2.35. The van der Waals surface area contributed by atoms with Gasteiger partial charge >= 0.3 is 5.97 Å². The third-order valence-corrected chi connectivity index (χ3v) is 3.42. The van der Waals surface area contributed by atoms with Crippen LogP contribution in [0.4, 0.5) is 0 Å². The Balaban J connectivity index is 1.95. The van der Waals surface area contributed by atoms with Crippen LogP contribution in [0.3, 0.4) is 0 Å². The molecule has 2 aromatic rings. The molecule has 0 bridgehead atoms. The standard InChI is InChI=1S/C17H14O2/c1-19-17(18)15-8-4-7-14(9-15)16-10-12-5-2-3-6-13(12)11-16/h2-10H,11H2,1H3. The molecule has 19 heavy (non-hydrogen) atoms. The Morgan fingerprint density at radius 3 is 2.74 bits per heavy atom. The van der Waals surface area contributed by atoms with Crippen LogP contribution < -0.4 is 0 Å². The zero-order valence-corrected chi connectivity index (χ0v) is 10.7. The van der Waals surface area contributed by atoms with E-state index in [1.165, 1.54) is 23.8 Å². The Kier molecular flexibility index (Phi) is 2.92. The summed E-state index contributed by atoms with van der Waals surface area (Å²) in [5, 5.41) is 0. The van der Waals surface area contributed by atoms with Gasteiger partial charge in [0.2, 0.25) is 0 Å². The third-order valence-electron chi connectivity index (χ3n) is 3.42. The number of esters is 1. The number of benzene rings is 2. The van der Waals surface area contributed by atoms with E-state index in [4.69, 9.17) is 4.74 Å². The summed E-state index contributed by atoms with van der Waals surface area (Å²) in [7, 11) is 1.40. The molecule has 1 aliphatic carbocycles. The first-order chi connectivity index (χ1) is 9.28. The first-order valence-electron chi connectivity index (χ1n) is 6.25. The zero-order chi connectivity index (χ0) is 13.2. The maximum absolute atomic E-state index is 11.6. The zero-order valence-electron chi connectivity index (χ0n) is 10.7. The molecule has 0 radical (unpaired) electrons. The second-order valence-electron chi connectivity index (χ2n) is 4.62. The van der Waals surface area contributed by atoms with Crippen LogP contribution >= 0.6 is 0 Å². The second-order valence-corrected chi connectivity index (χ2v) is 4.62. The van der Waals surface area contributed by atoms with Crippen molar-refractivity contribution in [1.29, 1.82) is 0 Å². The molecule has 0 saturated heterocycles. The van der Waals surface area contributed by atoms with Gasteiger partial charge in [0.25, 0.3) is 0 Å². The SMILES string of the molecule is COC(=O)c1cccc(C2=Cc3ccccc3C2)c1. The normalized spacial score (nSPS) is 12.8. The average molecular weight is 250 g/mol. The fraction of sp³-hybridized carbons (Fsp3) is 0.118. The van der Waals surface area contributed by atoms with Gasteiger partial charge in [0.15, 0.2) is 0 Å². The molecular formula is C17H14O2. The molecule has 0 heterocycles. The van der Waals surface area contributed by atoms with Gasteiger partial charge in [-0.3, -0.25) is 0 Å². The molecule has 0 aromatic heterocycles. The average Bonchev–Trinajstić information content (AvgIpc) is 2.90. The number of rotatable bonds is 2. The molecule has 0 aliphatic heterocycles. The maximum atomic E-state index is 11.6.